The average Bonchev–Trinajstić information content (AvgIpc) is 2.37. The minimum Gasteiger partial charge on any atom is -0.226 e. The third-order valence-electron chi connectivity index (χ3n) is 1.76. The summed E-state index contributed by atoms with van der Waals surface area (Å²) in [5, 5.41) is 0. The van der Waals surface area contributed by atoms with E-state index in [1.54, 1.807) is 0 Å². The summed E-state index contributed by atoms with van der Waals surface area (Å²) >= 11 is 0. The summed E-state index contributed by atoms with van der Waals surface area (Å²) in [5.41, 5.74) is 0. The lowest BCUT2D eigenvalue weighted by Gasteiger charge is -2.34. The first-order valence-electron chi connectivity index (χ1n) is 5.28. The van der Waals surface area contributed by atoms with E-state index in [9.17, 15) is 0 Å². The molecule has 0 aliphatic heterocycles. The van der Waals surface area contributed by atoms with Crippen molar-refractivity contribution in [2.75, 3.05) is 0 Å². The Hall–Kier alpha value is 6.29. The van der Waals surface area contributed by atoms with Crippen LogP contribution in [-0.2, 0) is 0 Å². The van der Waals surface area contributed by atoms with Gasteiger partial charge in [-0.1, -0.05) is 14.0 Å². The quantitative estimate of drug-likeness (QED) is 0.208. The van der Waals surface area contributed by atoms with E-state index in [4.69, 9.17) is 0 Å². The van der Waals surface area contributed by atoms with Crippen molar-refractivity contribution >= 4 is 135 Å². The zero-order chi connectivity index (χ0) is 16.6. The Kier molecular flexibility index (Phi) is 21.0. The van der Waals surface area contributed by atoms with E-state index in [-0.39, 0.29) is 49.4 Å². The molecule has 0 rings (SSSR count). The van der Waals surface area contributed by atoms with Crippen LogP contribution in [0.2, 0.25) is 0 Å². The lowest BCUT2D eigenvalue weighted by atomic mass is 10.6. The molecule has 17 heteroatoms. The van der Waals surface area contributed by atoms with Crippen molar-refractivity contribution < 1.29 is 4.76 Å². The van der Waals surface area contributed by atoms with E-state index in [1.165, 1.54) is 0 Å². The summed E-state index contributed by atoms with van der Waals surface area (Å²) in [6.07, 6.45) is 6.43. The summed E-state index contributed by atoms with van der Waals surface area (Å²) in [6, 6.07) is 0. The van der Waals surface area contributed by atoms with Crippen LogP contribution in [0, 0.1) is 0 Å². The van der Waals surface area contributed by atoms with Gasteiger partial charge in [0.1, 0.15) is 0 Å². The van der Waals surface area contributed by atoms with E-state index in [0.717, 1.165) is 7.96 Å². The first-order chi connectivity index (χ1) is 9.77. The number of hydrogen-bond donors (Lipinski definition) is 1. The van der Waals surface area contributed by atoms with Crippen LogP contribution >= 0.6 is 129 Å². The summed E-state index contributed by atoms with van der Waals surface area (Å²) in [5.74, 6) is 0. The van der Waals surface area contributed by atoms with Crippen molar-refractivity contribution in [2.45, 2.75) is 6.92 Å². The van der Waals surface area contributed by atoms with Gasteiger partial charge in [-0.2, -0.15) is 0 Å². The van der Waals surface area contributed by atoms with Gasteiger partial charge in [0.2, 0.25) is 7.45 Å². The summed E-state index contributed by atoms with van der Waals surface area (Å²) < 4.78 is 3.86. The van der Waals surface area contributed by atoms with Gasteiger partial charge >= 0.3 is 0 Å². The maximum Gasteiger partial charge on any atom is 0.242 e. The van der Waals surface area contributed by atoms with Crippen LogP contribution in [0.25, 0.3) is 0 Å². The summed E-state index contributed by atoms with van der Waals surface area (Å²) in [6.45, 7) is 2.09. The molecule has 0 aliphatic carbocycles. The highest BCUT2D eigenvalue weighted by Crippen LogP contribution is 3.20. The van der Waals surface area contributed by atoms with E-state index in [2.05, 4.69) is 101 Å². The summed E-state index contributed by atoms with van der Waals surface area (Å²) in [7, 11) is 25.7. The topological polar surface area (TPSA) is 14.0 Å². The van der Waals surface area contributed by atoms with Crippen molar-refractivity contribution in [3.05, 3.63) is 12.2 Å². The van der Waals surface area contributed by atoms with E-state index < -0.39 is 0 Å². The third-order valence-corrected chi connectivity index (χ3v) is 95.9. The molecule has 12 unspecified atom stereocenters. The van der Waals surface area contributed by atoms with Gasteiger partial charge in [-0.05, 0) is 40.9 Å². The average molecular weight is 582 g/mol. The second-order valence-corrected chi connectivity index (χ2v) is 63.4. The van der Waals surface area contributed by atoms with Crippen LogP contribution in [0.4, 0.5) is 0 Å². The third kappa shape index (κ3) is 11.2. The molecule has 0 aromatic rings. The van der Waals surface area contributed by atoms with Crippen LogP contribution in [0.5, 0.6) is 0 Å². The molecule has 0 fully saturated rings. The second kappa shape index (κ2) is 16.1. The Labute approximate surface area is 158 Å². The zero-order valence-corrected chi connectivity index (χ0v) is 28.0. The van der Waals surface area contributed by atoms with Crippen molar-refractivity contribution in [3.8, 4) is 0 Å². The largest absolute Gasteiger partial charge is 0.242 e. The van der Waals surface area contributed by atoms with Crippen molar-refractivity contribution in [2.24, 2.45) is 0 Å². The molecule has 0 aromatic heterocycles. The van der Waals surface area contributed by atoms with Gasteiger partial charge in [-0.3, -0.25) is 0 Å². The zero-order valence-electron chi connectivity index (χ0n) is 11.5. The fourth-order valence-corrected chi connectivity index (χ4v) is 150. The Morgan fingerprint density at radius 2 is 1.33 bits per heavy atom. The van der Waals surface area contributed by atoms with Gasteiger partial charge in [0.05, 0.1) is 14.0 Å². The molecular formula is C4H24NP16+. The van der Waals surface area contributed by atoms with Crippen LogP contribution < -0.4 is 4.76 Å². The molecule has 0 radical (unpaired) electrons. The highest BCUT2D eigenvalue weighted by atomic mass is 33.3. The van der Waals surface area contributed by atoms with E-state index in [0.29, 0.717) is 0 Å². The molecule has 0 heterocycles. The van der Waals surface area contributed by atoms with Crippen molar-refractivity contribution in [1.29, 1.82) is 0 Å². The van der Waals surface area contributed by atoms with Gasteiger partial charge in [-0.15, -0.1) is 71.4 Å². The van der Waals surface area contributed by atoms with Gasteiger partial charge in [0, 0.05) is 0 Å². The van der Waals surface area contributed by atoms with E-state index >= 15 is 0 Å². The van der Waals surface area contributed by atoms with Crippen molar-refractivity contribution in [1.82, 2.24) is 0 Å². The molecule has 0 aliphatic rings. The minimum atomic E-state index is -0.127. The van der Waals surface area contributed by atoms with Crippen LogP contribution in [0.15, 0.2) is 12.2 Å². The Balaban J connectivity index is 5.63. The predicted molar refractivity (Wildman–Crippen MR) is 156 cm³/mol. The lowest BCUT2D eigenvalue weighted by Crippen LogP contribution is -2.58. The molecular weight excluding hydrogens is 558 g/mol. The van der Waals surface area contributed by atoms with Crippen LogP contribution in [0.1, 0.15) is 6.92 Å². The molecule has 0 spiro atoms. The fraction of sp³-hybridized carbons (Fsp3) is 0.250. The SMILES string of the molecule is CC=CC=[NH+]P(P(P(P)P)P(P)P)P(P(P)P)P(P)PP. The minimum absolute atomic E-state index is 0.0178. The number of rotatable bonds is 9. The van der Waals surface area contributed by atoms with E-state index in [1.807, 2.05) is 0 Å². The standard InChI is InChI=1S/C4H23NP16/c1-2-3-4-5-15(20(16(7)8)17(9)10)21(18(11)12)19(13)14-6/h2-4,14H,6-13H2,1H3/p+1. The molecule has 124 valence electrons. The number of allylic oxidation sites excluding steroid dienone is 2. The predicted octanol–water partition coefficient (Wildman–Crippen LogP) is 8.41. The first kappa shape index (κ1) is 27.3. The maximum absolute atomic E-state index is 3.86. The van der Waals surface area contributed by atoms with Crippen LogP contribution in [0.3, 0.4) is 0 Å². The van der Waals surface area contributed by atoms with Crippen LogP contribution in [-0.4, -0.2) is 6.21 Å². The molecule has 0 saturated heterocycles. The highest BCUT2D eigenvalue weighted by Gasteiger charge is 2.43. The monoisotopic (exact) mass is 582 g/mol. The van der Waals surface area contributed by atoms with Gasteiger partial charge < -0.3 is 0 Å². The molecule has 21 heavy (non-hydrogen) atoms. The first-order valence-corrected chi connectivity index (χ1v) is 33.9. The Morgan fingerprint density at radius 3 is 1.67 bits per heavy atom. The van der Waals surface area contributed by atoms with Gasteiger partial charge in [0.15, 0.2) is 6.21 Å². The van der Waals surface area contributed by atoms with Gasteiger partial charge in [-0.25, -0.2) is 4.76 Å². The molecule has 0 saturated carbocycles. The molecule has 0 aromatic carbocycles. The number of hydrogen-bond acceptors (Lipinski definition) is 0. The summed E-state index contributed by atoms with van der Waals surface area (Å²) in [4.78, 5) is 0. The second-order valence-electron chi connectivity index (χ2n) is 3.26. The fourth-order valence-electron chi connectivity index (χ4n) is 1.05. The molecule has 1 nitrogen and oxygen atoms in total. The van der Waals surface area contributed by atoms with Gasteiger partial charge in [0.25, 0.3) is 0 Å². The highest BCUT2D eigenvalue weighted by molar-refractivity contribution is 9.24. The molecule has 1 N–H and O–H groups in total. The normalized spacial score (nSPS) is 18.3. The number of nitrogens with one attached hydrogen (secondary N) is 1. The molecule has 0 amide bonds. The smallest absolute Gasteiger partial charge is 0.226 e. The molecule has 0 bridgehead atoms. The Morgan fingerprint density at radius 1 is 0.857 bits per heavy atom. The lowest BCUT2D eigenvalue weighted by molar-refractivity contribution is -0.246. The molecule has 12 atom stereocenters. The van der Waals surface area contributed by atoms with Crippen molar-refractivity contribution in [3.63, 3.8) is 0 Å². The Bertz CT molecular complexity index is 318. The maximum atomic E-state index is 3.86.